The monoisotopic (exact) mass is 246 g/mol. The van der Waals surface area contributed by atoms with Gasteiger partial charge < -0.3 is 16.0 Å². The zero-order valence-electron chi connectivity index (χ0n) is 10.4. The lowest BCUT2D eigenvalue weighted by molar-refractivity contribution is -0.124. The molecular formula is C13H18N4O. The van der Waals surface area contributed by atoms with Crippen LogP contribution in [0.5, 0.6) is 0 Å². The number of nitrogens with one attached hydrogen (secondary N) is 2. The number of benzene rings is 1. The molecule has 0 aliphatic heterocycles. The first kappa shape index (κ1) is 12.6. The van der Waals surface area contributed by atoms with E-state index in [0.717, 1.165) is 16.6 Å². The number of nitrogens with zero attached hydrogens (tertiary/aromatic N) is 1. The van der Waals surface area contributed by atoms with Crippen LogP contribution in [0.2, 0.25) is 0 Å². The maximum atomic E-state index is 11.7. The van der Waals surface area contributed by atoms with Gasteiger partial charge in [-0.3, -0.25) is 4.79 Å². The van der Waals surface area contributed by atoms with Crippen LogP contribution in [0, 0.1) is 5.92 Å². The molecule has 1 heterocycles. The number of aromatic amines is 1. The number of aromatic nitrogens is 2. The Labute approximate surface area is 106 Å². The third-order valence-electron chi connectivity index (χ3n) is 3.00. The van der Waals surface area contributed by atoms with Crippen molar-refractivity contribution in [1.82, 2.24) is 15.3 Å². The van der Waals surface area contributed by atoms with E-state index in [0.29, 0.717) is 19.5 Å². The second-order valence-electron chi connectivity index (χ2n) is 4.45. The summed E-state index contributed by atoms with van der Waals surface area (Å²) in [5.41, 5.74) is 8.40. The molecule has 2 rings (SSSR count). The van der Waals surface area contributed by atoms with Gasteiger partial charge in [0.25, 0.3) is 0 Å². The van der Waals surface area contributed by atoms with E-state index in [9.17, 15) is 4.79 Å². The molecule has 2 aromatic rings. The quantitative estimate of drug-likeness (QED) is 0.740. The van der Waals surface area contributed by atoms with E-state index < -0.39 is 0 Å². The van der Waals surface area contributed by atoms with Gasteiger partial charge >= 0.3 is 0 Å². The normalized spacial score (nSPS) is 12.6. The lowest BCUT2D eigenvalue weighted by Gasteiger charge is -2.11. The molecule has 0 saturated carbocycles. The minimum absolute atomic E-state index is 0.0362. The lowest BCUT2D eigenvalue weighted by Crippen LogP contribution is -2.29. The average Bonchev–Trinajstić information content (AvgIpc) is 2.83. The van der Waals surface area contributed by atoms with Crippen molar-refractivity contribution >= 4 is 16.9 Å². The van der Waals surface area contributed by atoms with Crippen LogP contribution in [0.25, 0.3) is 11.0 Å². The van der Waals surface area contributed by atoms with Crippen LogP contribution in [0.1, 0.15) is 18.9 Å². The highest BCUT2D eigenvalue weighted by atomic mass is 16.1. The van der Waals surface area contributed by atoms with Crippen molar-refractivity contribution in [3.8, 4) is 0 Å². The van der Waals surface area contributed by atoms with Crippen molar-refractivity contribution in [3.63, 3.8) is 0 Å². The summed E-state index contributed by atoms with van der Waals surface area (Å²) >= 11 is 0. The minimum Gasteiger partial charge on any atom is -0.352 e. The van der Waals surface area contributed by atoms with Gasteiger partial charge in [0, 0.05) is 12.5 Å². The average molecular weight is 246 g/mol. The van der Waals surface area contributed by atoms with Crippen LogP contribution >= 0.6 is 0 Å². The topological polar surface area (TPSA) is 83.8 Å². The van der Waals surface area contributed by atoms with Gasteiger partial charge in [0.1, 0.15) is 0 Å². The van der Waals surface area contributed by atoms with Gasteiger partial charge in [-0.25, -0.2) is 4.98 Å². The van der Waals surface area contributed by atoms with Crippen molar-refractivity contribution in [2.75, 3.05) is 6.54 Å². The Kier molecular flexibility index (Phi) is 3.94. The zero-order chi connectivity index (χ0) is 13.0. The molecule has 18 heavy (non-hydrogen) atoms. The molecule has 1 atom stereocenters. The van der Waals surface area contributed by atoms with E-state index in [1.54, 1.807) is 6.33 Å². The fraction of sp³-hybridized carbons (Fsp3) is 0.385. The molecule has 0 radical (unpaired) electrons. The van der Waals surface area contributed by atoms with E-state index in [4.69, 9.17) is 5.73 Å². The third kappa shape index (κ3) is 2.87. The number of nitrogens with two attached hydrogens (primary N) is 1. The number of hydrogen-bond donors (Lipinski definition) is 3. The summed E-state index contributed by atoms with van der Waals surface area (Å²) in [4.78, 5) is 18.9. The van der Waals surface area contributed by atoms with Crippen molar-refractivity contribution < 1.29 is 4.79 Å². The predicted octanol–water partition coefficient (Wildman–Crippen LogP) is 1.16. The summed E-state index contributed by atoms with van der Waals surface area (Å²) in [6, 6.07) is 5.91. The second-order valence-corrected chi connectivity index (χ2v) is 4.45. The fourth-order valence-electron chi connectivity index (χ4n) is 1.84. The van der Waals surface area contributed by atoms with Crippen LogP contribution in [0.4, 0.5) is 0 Å². The van der Waals surface area contributed by atoms with Gasteiger partial charge in [0.05, 0.1) is 17.4 Å². The summed E-state index contributed by atoms with van der Waals surface area (Å²) in [6.07, 6.45) is 2.38. The molecule has 96 valence electrons. The van der Waals surface area contributed by atoms with E-state index in [2.05, 4.69) is 15.3 Å². The van der Waals surface area contributed by atoms with Gasteiger partial charge in [-0.1, -0.05) is 13.0 Å². The van der Waals surface area contributed by atoms with Crippen LogP contribution in [0.15, 0.2) is 24.5 Å². The molecule has 1 aromatic heterocycles. The van der Waals surface area contributed by atoms with E-state index in [1.165, 1.54) is 0 Å². The van der Waals surface area contributed by atoms with Crippen LogP contribution < -0.4 is 11.1 Å². The first-order chi connectivity index (χ1) is 8.70. The Balaban J connectivity index is 1.95. The largest absolute Gasteiger partial charge is 0.352 e. The Morgan fingerprint density at radius 3 is 3.17 bits per heavy atom. The SMILES string of the molecule is CC(CCN)C(=O)NCc1ccc2nc[nH]c2c1. The number of carbonyl (C=O) groups is 1. The molecule has 0 bridgehead atoms. The maximum absolute atomic E-state index is 11.7. The number of imidazole rings is 1. The maximum Gasteiger partial charge on any atom is 0.223 e. The molecule has 0 saturated heterocycles. The Morgan fingerprint density at radius 2 is 2.39 bits per heavy atom. The molecule has 0 aliphatic carbocycles. The summed E-state index contributed by atoms with van der Waals surface area (Å²) in [6.45, 7) is 2.96. The van der Waals surface area contributed by atoms with Crippen molar-refractivity contribution in [2.24, 2.45) is 11.7 Å². The number of hydrogen-bond acceptors (Lipinski definition) is 3. The Bertz CT molecular complexity index is 535. The van der Waals surface area contributed by atoms with Crippen LogP contribution in [-0.2, 0) is 11.3 Å². The number of H-pyrrole nitrogens is 1. The fourth-order valence-corrected chi connectivity index (χ4v) is 1.84. The highest BCUT2D eigenvalue weighted by Crippen LogP contribution is 2.11. The molecular weight excluding hydrogens is 228 g/mol. The summed E-state index contributed by atoms with van der Waals surface area (Å²) in [5.74, 6) is 0.0102. The molecule has 0 spiro atoms. The number of carbonyl (C=O) groups excluding carboxylic acids is 1. The number of fused-ring (bicyclic) bond motifs is 1. The van der Waals surface area contributed by atoms with Gasteiger partial charge in [-0.15, -0.1) is 0 Å². The predicted molar refractivity (Wildman–Crippen MR) is 70.8 cm³/mol. The number of rotatable bonds is 5. The van der Waals surface area contributed by atoms with Crippen LogP contribution in [0.3, 0.4) is 0 Å². The van der Waals surface area contributed by atoms with Crippen molar-refractivity contribution in [1.29, 1.82) is 0 Å². The molecule has 5 heteroatoms. The van der Waals surface area contributed by atoms with E-state index in [-0.39, 0.29) is 11.8 Å². The van der Waals surface area contributed by atoms with E-state index >= 15 is 0 Å². The van der Waals surface area contributed by atoms with E-state index in [1.807, 2.05) is 25.1 Å². The highest BCUT2D eigenvalue weighted by molar-refractivity contribution is 5.79. The summed E-state index contributed by atoms with van der Waals surface area (Å²) < 4.78 is 0. The molecule has 1 amide bonds. The second kappa shape index (κ2) is 5.64. The molecule has 1 unspecified atom stereocenters. The first-order valence-electron chi connectivity index (χ1n) is 6.10. The summed E-state index contributed by atoms with van der Waals surface area (Å²) in [5, 5.41) is 2.91. The summed E-state index contributed by atoms with van der Waals surface area (Å²) in [7, 11) is 0. The number of amides is 1. The molecule has 5 nitrogen and oxygen atoms in total. The molecule has 4 N–H and O–H groups in total. The third-order valence-corrected chi connectivity index (χ3v) is 3.00. The van der Waals surface area contributed by atoms with Gasteiger partial charge in [0.15, 0.2) is 0 Å². The van der Waals surface area contributed by atoms with Gasteiger partial charge in [-0.05, 0) is 30.7 Å². The Hall–Kier alpha value is -1.88. The first-order valence-corrected chi connectivity index (χ1v) is 6.10. The Morgan fingerprint density at radius 1 is 1.56 bits per heavy atom. The van der Waals surface area contributed by atoms with Gasteiger partial charge in [-0.2, -0.15) is 0 Å². The van der Waals surface area contributed by atoms with Crippen LogP contribution in [-0.4, -0.2) is 22.4 Å². The zero-order valence-corrected chi connectivity index (χ0v) is 10.4. The van der Waals surface area contributed by atoms with Crippen molar-refractivity contribution in [2.45, 2.75) is 19.9 Å². The molecule has 1 aromatic carbocycles. The standard InChI is InChI=1S/C13H18N4O/c1-9(4-5-14)13(18)15-7-10-2-3-11-12(6-10)17-8-16-11/h2-3,6,8-9H,4-5,7,14H2,1H3,(H,15,18)(H,16,17). The van der Waals surface area contributed by atoms with Gasteiger partial charge in [0.2, 0.25) is 5.91 Å². The molecule has 0 fully saturated rings. The lowest BCUT2D eigenvalue weighted by atomic mass is 10.1. The smallest absolute Gasteiger partial charge is 0.223 e. The van der Waals surface area contributed by atoms with Crippen molar-refractivity contribution in [3.05, 3.63) is 30.1 Å². The minimum atomic E-state index is -0.0362. The highest BCUT2D eigenvalue weighted by Gasteiger charge is 2.11. The molecule has 0 aliphatic rings.